The van der Waals surface area contributed by atoms with Crippen LogP contribution >= 0.6 is 0 Å². The van der Waals surface area contributed by atoms with Gasteiger partial charge in [-0.25, -0.2) is 14.8 Å². The van der Waals surface area contributed by atoms with Crippen LogP contribution in [0, 0.1) is 0 Å². The summed E-state index contributed by atoms with van der Waals surface area (Å²) >= 11 is 0. The summed E-state index contributed by atoms with van der Waals surface area (Å²) in [5.74, 6) is -1.04. The van der Waals surface area contributed by atoms with Crippen molar-refractivity contribution in [1.29, 1.82) is 0 Å². The lowest BCUT2D eigenvalue weighted by molar-refractivity contribution is -0.131. The van der Waals surface area contributed by atoms with Crippen molar-refractivity contribution < 1.29 is 23.1 Å². The monoisotopic (exact) mass is 277 g/mol. The van der Waals surface area contributed by atoms with Crippen LogP contribution in [0.1, 0.15) is 42.5 Å². The molecule has 0 bridgehead atoms. The van der Waals surface area contributed by atoms with Crippen molar-refractivity contribution in [3.8, 4) is 0 Å². The predicted octanol–water partition coefficient (Wildman–Crippen LogP) is 2.66. The molecule has 0 saturated carbocycles. The van der Waals surface area contributed by atoms with Gasteiger partial charge in [-0.05, 0) is 0 Å². The summed E-state index contributed by atoms with van der Waals surface area (Å²) in [6.07, 6.45) is -4.16. The van der Waals surface area contributed by atoms with Crippen molar-refractivity contribution in [2.24, 2.45) is 0 Å². The molecule has 0 spiro atoms. The van der Waals surface area contributed by atoms with Crippen LogP contribution in [0.25, 0.3) is 0 Å². The van der Waals surface area contributed by atoms with E-state index in [1.807, 2.05) is 0 Å². The molecule has 0 unspecified atom stereocenters. The molecule has 0 amide bonds. The number of carboxylic acid groups (broad SMARTS) is 1. The van der Waals surface area contributed by atoms with Gasteiger partial charge in [0.25, 0.3) is 0 Å². The Morgan fingerprint density at radius 3 is 2.58 bits per heavy atom. The van der Waals surface area contributed by atoms with Gasteiger partial charge in [0, 0.05) is 12.5 Å². The van der Waals surface area contributed by atoms with Gasteiger partial charge in [0.15, 0.2) is 5.69 Å². The standard InChI is InChI=1S/C11H14F3N3O2/c1-6(2)9-16-5-7(8(17-9)10(18)19)15-4-3-11(12,13)14/h5-6,15H,3-4H2,1-2H3,(H,18,19). The fourth-order valence-electron chi connectivity index (χ4n) is 1.30. The van der Waals surface area contributed by atoms with E-state index in [9.17, 15) is 18.0 Å². The average molecular weight is 277 g/mol. The summed E-state index contributed by atoms with van der Waals surface area (Å²) in [5, 5.41) is 11.4. The number of nitrogens with zero attached hydrogens (tertiary/aromatic N) is 2. The van der Waals surface area contributed by atoms with E-state index in [1.54, 1.807) is 13.8 Å². The number of carbonyl (C=O) groups is 1. The summed E-state index contributed by atoms with van der Waals surface area (Å²) < 4.78 is 36.0. The Bertz CT molecular complexity index is 461. The summed E-state index contributed by atoms with van der Waals surface area (Å²) in [5.41, 5.74) is -0.331. The van der Waals surface area contributed by atoms with E-state index in [4.69, 9.17) is 5.11 Å². The normalized spacial score (nSPS) is 11.7. The molecule has 5 nitrogen and oxygen atoms in total. The quantitative estimate of drug-likeness (QED) is 0.865. The number of rotatable bonds is 5. The predicted molar refractivity (Wildman–Crippen MR) is 62.2 cm³/mol. The van der Waals surface area contributed by atoms with Gasteiger partial charge in [-0.15, -0.1) is 0 Å². The summed E-state index contributed by atoms with van der Waals surface area (Å²) in [7, 11) is 0. The Kier molecular flexibility index (Phi) is 4.68. The summed E-state index contributed by atoms with van der Waals surface area (Å²) in [6, 6.07) is 0. The molecule has 2 N–H and O–H groups in total. The molecule has 0 aliphatic rings. The smallest absolute Gasteiger partial charge is 0.390 e. The minimum atomic E-state index is -4.30. The van der Waals surface area contributed by atoms with Gasteiger partial charge in [0.1, 0.15) is 5.82 Å². The number of anilines is 1. The van der Waals surface area contributed by atoms with E-state index in [0.717, 1.165) is 0 Å². The van der Waals surface area contributed by atoms with Crippen molar-refractivity contribution in [2.45, 2.75) is 32.4 Å². The number of hydrogen-bond acceptors (Lipinski definition) is 4. The molecular formula is C11H14F3N3O2. The maximum atomic E-state index is 12.0. The number of aromatic nitrogens is 2. The fraction of sp³-hybridized carbons (Fsp3) is 0.545. The van der Waals surface area contributed by atoms with Crippen LogP contribution in [0.4, 0.5) is 18.9 Å². The molecule has 0 aromatic carbocycles. The minimum Gasteiger partial charge on any atom is -0.476 e. The summed E-state index contributed by atoms with van der Waals surface area (Å²) in [6.45, 7) is 3.16. The van der Waals surface area contributed by atoms with Crippen molar-refractivity contribution in [3.63, 3.8) is 0 Å². The lowest BCUT2D eigenvalue weighted by atomic mass is 10.2. The molecular weight excluding hydrogens is 263 g/mol. The highest BCUT2D eigenvalue weighted by molar-refractivity contribution is 5.91. The molecule has 1 rings (SSSR count). The van der Waals surface area contributed by atoms with E-state index in [0.29, 0.717) is 5.82 Å². The third kappa shape index (κ3) is 4.72. The fourth-order valence-corrected chi connectivity index (χ4v) is 1.30. The van der Waals surface area contributed by atoms with Crippen molar-refractivity contribution >= 4 is 11.7 Å². The van der Waals surface area contributed by atoms with Crippen molar-refractivity contribution in [3.05, 3.63) is 17.7 Å². The van der Waals surface area contributed by atoms with Crippen molar-refractivity contribution in [1.82, 2.24) is 9.97 Å². The number of carboxylic acids is 1. The zero-order chi connectivity index (χ0) is 14.6. The van der Waals surface area contributed by atoms with E-state index >= 15 is 0 Å². The second kappa shape index (κ2) is 5.85. The van der Waals surface area contributed by atoms with Gasteiger partial charge in [-0.2, -0.15) is 13.2 Å². The molecule has 1 aromatic heterocycles. The van der Waals surface area contributed by atoms with Gasteiger partial charge >= 0.3 is 12.1 Å². The van der Waals surface area contributed by atoms with Crippen LogP contribution < -0.4 is 5.32 Å². The van der Waals surface area contributed by atoms with Crippen LogP contribution in [-0.2, 0) is 0 Å². The van der Waals surface area contributed by atoms with E-state index in [1.165, 1.54) is 6.20 Å². The van der Waals surface area contributed by atoms with Crippen LogP contribution in [0.15, 0.2) is 6.20 Å². The Labute approximate surface area is 107 Å². The number of alkyl halides is 3. The van der Waals surface area contributed by atoms with Crippen LogP contribution in [-0.4, -0.2) is 33.8 Å². The Hall–Kier alpha value is -1.86. The van der Waals surface area contributed by atoms with Gasteiger partial charge in [0.2, 0.25) is 0 Å². The number of hydrogen-bond donors (Lipinski definition) is 2. The topological polar surface area (TPSA) is 75.1 Å². The lowest BCUT2D eigenvalue weighted by Gasteiger charge is -2.12. The minimum absolute atomic E-state index is 0.0128. The first-order chi connectivity index (χ1) is 8.70. The van der Waals surface area contributed by atoms with Gasteiger partial charge in [-0.1, -0.05) is 13.8 Å². The average Bonchev–Trinajstić information content (AvgIpc) is 2.27. The molecule has 0 aliphatic heterocycles. The third-order valence-corrected chi connectivity index (χ3v) is 2.25. The maximum absolute atomic E-state index is 12.0. The van der Waals surface area contributed by atoms with E-state index in [2.05, 4.69) is 15.3 Å². The number of nitrogens with one attached hydrogen (secondary N) is 1. The first-order valence-electron chi connectivity index (χ1n) is 5.61. The first-order valence-corrected chi connectivity index (χ1v) is 5.61. The van der Waals surface area contributed by atoms with Gasteiger partial charge in [0.05, 0.1) is 18.3 Å². The second-order valence-electron chi connectivity index (χ2n) is 4.24. The SMILES string of the molecule is CC(C)c1ncc(NCCC(F)(F)F)c(C(=O)O)n1. The molecule has 1 aromatic rings. The van der Waals surface area contributed by atoms with Crippen LogP contribution in [0.2, 0.25) is 0 Å². The molecule has 0 fully saturated rings. The molecule has 106 valence electrons. The van der Waals surface area contributed by atoms with E-state index < -0.39 is 25.1 Å². The summed E-state index contributed by atoms with van der Waals surface area (Å²) in [4.78, 5) is 18.8. The molecule has 19 heavy (non-hydrogen) atoms. The molecule has 0 saturated heterocycles. The molecule has 0 radical (unpaired) electrons. The highest BCUT2D eigenvalue weighted by Crippen LogP contribution is 2.21. The molecule has 8 heteroatoms. The first kappa shape index (κ1) is 15.2. The Balaban J connectivity index is 2.86. The zero-order valence-electron chi connectivity index (χ0n) is 10.5. The molecule has 0 aliphatic carbocycles. The van der Waals surface area contributed by atoms with Crippen LogP contribution in [0.5, 0.6) is 0 Å². The maximum Gasteiger partial charge on any atom is 0.390 e. The highest BCUT2D eigenvalue weighted by Gasteiger charge is 2.26. The lowest BCUT2D eigenvalue weighted by Crippen LogP contribution is -2.17. The largest absolute Gasteiger partial charge is 0.476 e. The van der Waals surface area contributed by atoms with Crippen molar-refractivity contribution in [2.75, 3.05) is 11.9 Å². The number of halogens is 3. The molecule has 1 heterocycles. The Morgan fingerprint density at radius 1 is 1.47 bits per heavy atom. The Morgan fingerprint density at radius 2 is 2.11 bits per heavy atom. The highest BCUT2D eigenvalue weighted by atomic mass is 19.4. The molecule has 0 atom stereocenters. The zero-order valence-corrected chi connectivity index (χ0v) is 10.5. The third-order valence-electron chi connectivity index (χ3n) is 2.25. The second-order valence-corrected chi connectivity index (χ2v) is 4.24. The van der Waals surface area contributed by atoms with Gasteiger partial charge < -0.3 is 10.4 Å². The van der Waals surface area contributed by atoms with E-state index in [-0.39, 0.29) is 17.3 Å². The van der Waals surface area contributed by atoms with Crippen LogP contribution in [0.3, 0.4) is 0 Å². The van der Waals surface area contributed by atoms with Gasteiger partial charge in [-0.3, -0.25) is 0 Å². The number of aromatic carboxylic acids is 1.